The van der Waals surface area contributed by atoms with E-state index in [1.807, 2.05) is 11.3 Å². The summed E-state index contributed by atoms with van der Waals surface area (Å²) in [5.41, 5.74) is 22.8. The minimum atomic E-state index is -0.488. The average molecular weight is 999 g/mol. The first-order valence-electron chi connectivity index (χ1n) is 26.4. The van der Waals surface area contributed by atoms with Crippen LogP contribution in [0.1, 0.15) is 22.3 Å². The highest BCUT2D eigenvalue weighted by atomic mass is 32.1. The zero-order valence-electron chi connectivity index (χ0n) is 41.8. The molecule has 0 atom stereocenters. The van der Waals surface area contributed by atoms with Gasteiger partial charge < -0.3 is 14.2 Å². The number of para-hydroxylation sites is 2. The highest BCUT2D eigenvalue weighted by Crippen LogP contribution is 2.63. The highest BCUT2D eigenvalue weighted by molar-refractivity contribution is 7.26. The number of fused-ring (bicyclic) bond motifs is 16. The minimum absolute atomic E-state index is 0.488. The molecule has 0 saturated carbocycles. The lowest BCUT2D eigenvalue weighted by atomic mass is 9.70. The first-order valence-corrected chi connectivity index (χ1v) is 27.2. The molecule has 0 amide bonds. The van der Waals surface area contributed by atoms with Crippen LogP contribution >= 0.6 is 11.3 Å². The Labute approximate surface area is 450 Å². The van der Waals surface area contributed by atoms with E-state index in [1.54, 1.807) is 0 Å². The van der Waals surface area contributed by atoms with Gasteiger partial charge in [-0.25, -0.2) is 0 Å². The number of anilines is 6. The predicted molar refractivity (Wildman–Crippen MR) is 323 cm³/mol. The quantitative estimate of drug-likeness (QED) is 0.151. The van der Waals surface area contributed by atoms with Gasteiger partial charge in [0.05, 0.1) is 21.5 Å². The Morgan fingerprint density at radius 3 is 1.42 bits per heavy atom. The van der Waals surface area contributed by atoms with Gasteiger partial charge in [-0.05, 0) is 140 Å². The van der Waals surface area contributed by atoms with Gasteiger partial charge in [-0.3, -0.25) is 0 Å². The van der Waals surface area contributed by atoms with Gasteiger partial charge in [0, 0.05) is 54.6 Å². The van der Waals surface area contributed by atoms with Crippen LogP contribution in [0.2, 0.25) is 0 Å². The van der Waals surface area contributed by atoms with Gasteiger partial charge in [-0.15, -0.1) is 11.3 Å². The molecule has 2 aliphatic carbocycles. The smallest absolute Gasteiger partial charge is 0.135 e. The van der Waals surface area contributed by atoms with Crippen molar-refractivity contribution >= 4 is 87.6 Å². The number of furan rings is 1. The molecule has 2 heterocycles. The van der Waals surface area contributed by atoms with E-state index in [0.29, 0.717) is 0 Å². The lowest BCUT2D eigenvalue weighted by Crippen LogP contribution is -2.26. The first-order chi connectivity index (χ1) is 38.2. The van der Waals surface area contributed by atoms with Gasteiger partial charge in [0.1, 0.15) is 11.2 Å². The second kappa shape index (κ2) is 17.2. The summed E-state index contributed by atoms with van der Waals surface area (Å²) < 4.78 is 9.32. The first kappa shape index (κ1) is 43.6. The summed E-state index contributed by atoms with van der Waals surface area (Å²) in [7, 11) is 0. The van der Waals surface area contributed by atoms with E-state index in [9.17, 15) is 0 Å². The fourth-order valence-corrected chi connectivity index (χ4v) is 14.3. The van der Waals surface area contributed by atoms with E-state index in [2.05, 4.69) is 289 Å². The molecule has 0 N–H and O–H groups in total. The van der Waals surface area contributed by atoms with Crippen molar-refractivity contribution < 1.29 is 4.42 Å². The Hall–Kier alpha value is -9.74. The van der Waals surface area contributed by atoms with Crippen molar-refractivity contribution in [3.63, 3.8) is 0 Å². The molecule has 77 heavy (non-hydrogen) atoms. The third-order valence-electron chi connectivity index (χ3n) is 16.3. The van der Waals surface area contributed by atoms with Gasteiger partial charge in [0.15, 0.2) is 0 Å². The van der Waals surface area contributed by atoms with Gasteiger partial charge in [-0.1, -0.05) is 200 Å². The van der Waals surface area contributed by atoms with Gasteiger partial charge >= 0.3 is 0 Å². The van der Waals surface area contributed by atoms with Crippen LogP contribution < -0.4 is 9.80 Å². The van der Waals surface area contributed by atoms with Crippen LogP contribution in [0, 0.1) is 0 Å². The van der Waals surface area contributed by atoms with Crippen LogP contribution in [-0.4, -0.2) is 0 Å². The van der Waals surface area contributed by atoms with Crippen molar-refractivity contribution in [1.82, 2.24) is 0 Å². The summed E-state index contributed by atoms with van der Waals surface area (Å²) in [5.74, 6) is 0. The molecule has 0 aliphatic heterocycles. The SMILES string of the molecule is c1ccc(-c2ccccc2-c2ccccc2N(c2ccccc2)c2ccc3oc4ccc(N(c5ccc6c(c5)C5(c7ccccc7-c7ccccc75)c5ccccc5-6)c5cccc6c5sc5ccccc56)cc4c3c2)cc1. The van der Waals surface area contributed by atoms with Gasteiger partial charge in [0.25, 0.3) is 0 Å². The van der Waals surface area contributed by atoms with Crippen molar-refractivity contribution in [3.8, 4) is 44.5 Å². The molecule has 4 heteroatoms. The van der Waals surface area contributed by atoms with E-state index < -0.39 is 5.41 Å². The Morgan fingerprint density at radius 1 is 0.286 bits per heavy atom. The number of hydrogen-bond acceptors (Lipinski definition) is 4. The van der Waals surface area contributed by atoms with Crippen LogP contribution in [0.5, 0.6) is 0 Å². The second-order valence-corrected chi connectivity index (χ2v) is 21.3. The van der Waals surface area contributed by atoms with Crippen LogP contribution in [0.15, 0.2) is 283 Å². The standard InChI is InChI=1S/C73H46N2OS/c1-3-20-47(21-4-1)52-24-7-8-25-53(52)58-29-12-17-35-67(58)74(48-22-5-2-6-23-48)49-39-42-69-61(44-49)62-45-50(40-43-70(62)76-69)75(68-36-19-31-60-59-30-13-18-37-71(59)77-72(60)68)51-38-41-57-56-28-11-16-34-65(56)73(66(57)46-51)63-32-14-9-26-54(63)55-27-10-15-33-64(55)73/h1-46H. The molecular formula is C73H46N2OS. The molecule has 14 aromatic rings. The van der Waals surface area contributed by atoms with E-state index >= 15 is 0 Å². The third kappa shape index (κ3) is 6.49. The second-order valence-electron chi connectivity index (χ2n) is 20.3. The number of benzene rings is 12. The Bertz CT molecular complexity index is 4600. The van der Waals surface area contributed by atoms with Gasteiger partial charge in [-0.2, -0.15) is 0 Å². The summed E-state index contributed by atoms with van der Waals surface area (Å²) in [6, 6.07) is 102. The topological polar surface area (TPSA) is 19.6 Å². The average Bonchev–Trinajstić information content (AvgIpc) is 4.43. The summed E-state index contributed by atoms with van der Waals surface area (Å²) in [6.07, 6.45) is 0. The van der Waals surface area contributed by atoms with Crippen LogP contribution in [-0.2, 0) is 5.41 Å². The monoisotopic (exact) mass is 998 g/mol. The summed E-state index contributed by atoms with van der Waals surface area (Å²) in [4.78, 5) is 4.89. The maximum absolute atomic E-state index is 6.80. The number of rotatable bonds is 8. The Kier molecular flexibility index (Phi) is 9.72. The minimum Gasteiger partial charge on any atom is -0.456 e. The molecule has 0 fully saturated rings. The number of hydrogen-bond donors (Lipinski definition) is 0. The number of nitrogens with zero attached hydrogens (tertiary/aromatic N) is 2. The fraction of sp³-hybridized carbons (Fsp3) is 0.0137. The van der Waals surface area contributed by atoms with Crippen molar-refractivity contribution in [2.24, 2.45) is 0 Å². The van der Waals surface area contributed by atoms with E-state index in [0.717, 1.165) is 61.6 Å². The van der Waals surface area contributed by atoms with Crippen LogP contribution in [0.25, 0.3) is 86.6 Å². The summed E-state index contributed by atoms with van der Waals surface area (Å²) in [5, 5.41) is 4.62. The zero-order valence-corrected chi connectivity index (χ0v) is 42.6. The molecule has 1 spiro atoms. The lowest BCUT2D eigenvalue weighted by molar-refractivity contribution is 0.669. The zero-order chi connectivity index (χ0) is 50.6. The van der Waals surface area contributed by atoms with Crippen molar-refractivity contribution in [2.45, 2.75) is 5.41 Å². The Morgan fingerprint density at radius 2 is 0.753 bits per heavy atom. The lowest BCUT2D eigenvalue weighted by Gasteiger charge is -2.32. The van der Waals surface area contributed by atoms with Crippen molar-refractivity contribution in [1.29, 1.82) is 0 Å². The molecule has 3 nitrogen and oxygen atoms in total. The normalized spacial score (nSPS) is 12.8. The number of thiophene rings is 1. The summed E-state index contributed by atoms with van der Waals surface area (Å²) in [6.45, 7) is 0. The molecule has 2 aliphatic rings. The van der Waals surface area contributed by atoms with E-state index in [1.165, 1.54) is 81.4 Å². The molecule has 0 radical (unpaired) electrons. The Balaban J connectivity index is 0.912. The van der Waals surface area contributed by atoms with Crippen molar-refractivity contribution in [3.05, 3.63) is 301 Å². The molecule has 360 valence electrons. The maximum Gasteiger partial charge on any atom is 0.135 e. The summed E-state index contributed by atoms with van der Waals surface area (Å²) >= 11 is 1.86. The maximum atomic E-state index is 6.80. The molecule has 0 bridgehead atoms. The molecule has 2 aromatic heterocycles. The fourth-order valence-electron chi connectivity index (χ4n) is 13.1. The molecular weight excluding hydrogens is 953 g/mol. The highest BCUT2D eigenvalue weighted by Gasteiger charge is 2.51. The predicted octanol–water partition coefficient (Wildman–Crippen LogP) is 20.6. The van der Waals surface area contributed by atoms with Crippen LogP contribution in [0.3, 0.4) is 0 Å². The largest absolute Gasteiger partial charge is 0.456 e. The van der Waals surface area contributed by atoms with E-state index in [-0.39, 0.29) is 0 Å². The molecule has 0 saturated heterocycles. The molecule has 12 aromatic carbocycles. The van der Waals surface area contributed by atoms with Gasteiger partial charge in [0.2, 0.25) is 0 Å². The van der Waals surface area contributed by atoms with E-state index in [4.69, 9.17) is 4.42 Å². The molecule has 16 rings (SSSR count). The van der Waals surface area contributed by atoms with Crippen LogP contribution in [0.4, 0.5) is 34.1 Å². The van der Waals surface area contributed by atoms with Crippen molar-refractivity contribution in [2.75, 3.05) is 9.80 Å². The third-order valence-corrected chi connectivity index (χ3v) is 17.5. The molecule has 0 unspecified atom stereocenters.